The summed E-state index contributed by atoms with van der Waals surface area (Å²) in [6.07, 6.45) is 7.08. The smallest absolute Gasteiger partial charge is 0.418 e. The first-order chi connectivity index (χ1) is 15.4. The highest BCUT2D eigenvalue weighted by atomic mass is 19.5. The highest BCUT2D eigenvalue weighted by Gasteiger charge is 2.20. The summed E-state index contributed by atoms with van der Waals surface area (Å²) in [5.74, 6) is 0.419. The fourth-order valence-electron chi connectivity index (χ4n) is 2.55. The van der Waals surface area contributed by atoms with Gasteiger partial charge in [0.05, 0.1) is 12.4 Å². The SMILES string of the molecule is CN(C)c1ccc(C=Nn2cc[n+](N=Cc3ccc(N(C)C)cc3)c2N)cc1.F[B-](F)(F)F. The van der Waals surface area contributed by atoms with Crippen molar-refractivity contribution in [2.24, 2.45) is 10.2 Å². The van der Waals surface area contributed by atoms with Gasteiger partial charge in [-0.1, -0.05) is 24.3 Å². The van der Waals surface area contributed by atoms with Gasteiger partial charge in [0, 0.05) is 39.6 Å². The standard InChI is InChI=1S/C21H25N7.BF4/c1-25(2)19-9-5-17(6-10-19)15-23-27-13-14-28(21(27)22)24-16-18-7-11-20(12-8-18)26(3)4;2-1(3,4)5/h5-16,22H,1-4H3;/q;-1/p+1. The van der Waals surface area contributed by atoms with Crippen molar-refractivity contribution in [1.29, 1.82) is 0 Å². The van der Waals surface area contributed by atoms with Crippen LogP contribution in [0.5, 0.6) is 0 Å². The maximum absolute atomic E-state index is 9.75. The lowest BCUT2D eigenvalue weighted by atomic mass is 10.2. The molecule has 0 fully saturated rings. The number of anilines is 3. The number of nitrogen functional groups attached to an aromatic ring is 1. The molecule has 0 aliphatic rings. The molecule has 0 bridgehead atoms. The second kappa shape index (κ2) is 11.2. The van der Waals surface area contributed by atoms with Gasteiger partial charge in [0.15, 0.2) is 0 Å². The Balaban J connectivity index is 0.000000696. The Morgan fingerprint density at radius 3 is 1.67 bits per heavy atom. The Hall–Kier alpha value is -3.83. The number of halogens is 4. The largest absolute Gasteiger partial charge is 0.673 e. The van der Waals surface area contributed by atoms with Crippen molar-refractivity contribution in [2.75, 3.05) is 43.7 Å². The first-order valence-electron chi connectivity index (χ1n) is 9.83. The van der Waals surface area contributed by atoms with E-state index in [2.05, 4.69) is 20.0 Å². The van der Waals surface area contributed by atoms with Gasteiger partial charge in [0.25, 0.3) is 0 Å². The zero-order valence-corrected chi connectivity index (χ0v) is 18.8. The Morgan fingerprint density at radius 1 is 0.818 bits per heavy atom. The number of nitrogens with zero attached hydrogens (tertiary/aromatic N) is 6. The predicted molar refractivity (Wildman–Crippen MR) is 127 cm³/mol. The third kappa shape index (κ3) is 8.67. The van der Waals surface area contributed by atoms with Crippen LogP contribution in [0.15, 0.2) is 71.1 Å². The summed E-state index contributed by atoms with van der Waals surface area (Å²) in [5.41, 5.74) is 10.4. The van der Waals surface area contributed by atoms with Gasteiger partial charge in [-0.25, -0.2) is 0 Å². The van der Waals surface area contributed by atoms with Crippen molar-refractivity contribution in [3.8, 4) is 0 Å². The third-order valence-corrected chi connectivity index (χ3v) is 4.30. The first kappa shape index (κ1) is 25.4. The summed E-state index contributed by atoms with van der Waals surface area (Å²) >= 11 is 0. The highest BCUT2D eigenvalue weighted by molar-refractivity contribution is 6.50. The molecule has 0 aliphatic heterocycles. The Labute approximate surface area is 190 Å². The number of imidazole rings is 1. The van der Waals surface area contributed by atoms with Gasteiger partial charge in [0.1, 0.15) is 12.4 Å². The average molecular weight is 463 g/mol. The van der Waals surface area contributed by atoms with E-state index in [0.717, 1.165) is 22.5 Å². The fourth-order valence-corrected chi connectivity index (χ4v) is 2.55. The van der Waals surface area contributed by atoms with Crippen molar-refractivity contribution in [3.05, 3.63) is 72.1 Å². The molecule has 2 N–H and O–H groups in total. The van der Waals surface area contributed by atoms with Gasteiger partial charge < -0.3 is 27.1 Å². The number of hydrogen-bond donors (Lipinski definition) is 1. The van der Waals surface area contributed by atoms with Gasteiger partial charge in [-0.2, -0.15) is 0 Å². The Kier molecular flexibility index (Phi) is 8.60. The molecule has 176 valence electrons. The molecule has 0 atom stereocenters. The Bertz CT molecular complexity index is 988. The molecule has 1 aromatic heterocycles. The van der Waals surface area contributed by atoms with Crippen LogP contribution in [0.4, 0.5) is 34.6 Å². The number of rotatable bonds is 6. The van der Waals surface area contributed by atoms with Crippen LogP contribution in [0.25, 0.3) is 0 Å². The van der Waals surface area contributed by atoms with Gasteiger partial charge in [-0.15, -0.1) is 19.6 Å². The van der Waals surface area contributed by atoms with E-state index in [1.165, 1.54) is 0 Å². The molecular formula is C21H26BF4N7. The fraction of sp³-hybridized carbons (Fsp3) is 0.190. The second-order valence-corrected chi connectivity index (χ2v) is 7.30. The lowest BCUT2D eigenvalue weighted by molar-refractivity contribution is -0.662. The summed E-state index contributed by atoms with van der Waals surface area (Å²) in [7, 11) is 2.05. The van der Waals surface area contributed by atoms with Crippen LogP contribution >= 0.6 is 0 Å². The molecule has 2 aromatic carbocycles. The molecule has 0 spiro atoms. The first-order valence-corrected chi connectivity index (χ1v) is 9.83. The van der Waals surface area contributed by atoms with Gasteiger partial charge in [-0.05, 0) is 35.4 Å². The van der Waals surface area contributed by atoms with Gasteiger partial charge in [0.2, 0.25) is 0 Å². The minimum absolute atomic E-state index is 0.419. The second-order valence-electron chi connectivity index (χ2n) is 7.30. The molecule has 0 amide bonds. The van der Waals surface area contributed by atoms with Crippen molar-refractivity contribution in [2.45, 2.75) is 0 Å². The van der Waals surface area contributed by atoms with E-state index < -0.39 is 7.25 Å². The normalized spacial score (nSPS) is 11.5. The summed E-state index contributed by atoms with van der Waals surface area (Å²) in [5, 5.41) is 8.82. The van der Waals surface area contributed by atoms with Crippen LogP contribution in [0.1, 0.15) is 11.1 Å². The van der Waals surface area contributed by atoms with E-state index in [0.29, 0.717) is 5.95 Å². The van der Waals surface area contributed by atoms with E-state index in [9.17, 15) is 17.3 Å². The van der Waals surface area contributed by atoms with Crippen LogP contribution in [-0.4, -0.2) is 52.6 Å². The Morgan fingerprint density at radius 2 is 1.24 bits per heavy atom. The van der Waals surface area contributed by atoms with Gasteiger partial charge >= 0.3 is 13.2 Å². The van der Waals surface area contributed by atoms with E-state index in [1.54, 1.807) is 34.2 Å². The lowest BCUT2D eigenvalue weighted by Crippen LogP contribution is -2.30. The molecule has 7 nitrogen and oxygen atoms in total. The molecule has 0 unspecified atom stereocenters. The molecule has 0 saturated heterocycles. The number of hydrogen-bond acceptors (Lipinski definition) is 5. The number of benzene rings is 2. The molecule has 3 aromatic rings. The summed E-state index contributed by atoms with van der Waals surface area (Å²) in [6, 6.07) is 16.3. The zero-order valence-electron chi connectivity index (χ0n) is 18.8. The van der Waals surface area contributed by atoms with Crippen molar-refractivity contribution >= 4 is 37.0 Å². The quantitative estimate of drug-likeness (QED) is 0.263. The molecule has 33 heavy (non-hydrogen) atoms. The average Bonchev–Trinajstić information content (AvgIpc) is 3.09. The predicted octanol–water partition coefficient (Wildman–Crippen LogP) is 3.55. The summed E-state index contributed by atoms with van der Waals surface area (Å²) < 4.78 is 42.2. The maximum Gasteiger partial charge on any atom is 0.673 e. The van der Waals surface area contributed by atoms with Crippen LogP contribution in [0.2, 0.25) is 0 Å². The zero-order chi connectivity index (χ0) is 24.6. The maximum atomic E-state index is 9.75. The highest BCUT2D eigenvalue weighted by Crippen LogP contribution is 2.12. The molecule has 12 heteroatoms. The topological polar surface area (TPSA) is 66.0 Å². The number of aromatic nitrogens is 2. The van der Waals surface area contributed by atoms with Crippen molar-refractivity contribution < 1.29 is 21.9 Å². The molecule has 3 rings (SSSR count). The minimum atomic E-state index is -6.00. The molecule has 0 saturated carbocycles. The third-order valence-electron chi connectivity index (χ3n) is 4.30. The monoisotopic (exact) mass is 463 g/mol. The minimum Gasteiger partial charge on any atom is -0.418 e. The van der Waals surface area contributed by atoms with E-state index in [4.69, 9.17) is 5.73 Å². The van der Waals surface area contributed by atoms with E-state index in [1.807, 2.05) is 76.7 Å². The molecule has 1 heterocycles. The molecular weight excluding hydrogens is 437 g/mol. The van der Waals surface area contributed by atoms with E-state index >= 15 is 0 Å². The van der Waals surface area contributed by atoms with Gasteiger partial charge in [-0.3, -0.25) is 5.73 Å². The van der Waals surface area contributed by atoms with E-state index in [-0.39, 0.29) is 0 Å². The molecule has 0 radical (unpaired) electrons. The van der Waals surface area contributed by atoms with Crippen LogP contribution < -0.4 is 20.2 Å². The van der Waals surface area contributed by atoms with Crippen molar-refractivity contribution in [3.63, 3.8) is 0 Å². The molecule has 0 aliphatic carbocycles. The van der Waals surface area contributed by atoms with Crippen LogP contribution in [-0.2, 0) is 0 Å². The lowest BCUT2D eigenvalue weighted by Gasteiger charge is -2.11. The summed E-state index contributed by atoms with van der Waals surface area (Å²) in [4.78, 5) is 4.11. The summed E-state index contributed by atoms with van der Waals surface area (Å²) in [6.45, 7) is 0. The van der Waals surface area contributed by atoms with Crippen LogP contribution in [0, 0.1) is 0 Å². The number of nitrogens with two attached hydrogens (primary N) is 1. The van der Waals surface area contributed by atoms with Crippen LogP contribution in [0.3, 0.4) is 0 Å². The van der Waals surface area contributed by atoms with Crippen molar-refractivity contribution in [1.82, 2.24) is 4.68 Å².